The molecule has 108 heavy (non-hydrogen) atoms. The summed E-state index contributed by atoms with van der Waals surface area (Å²) in [5.74, 6) is -11.8. The summed E-state index contributed by atoms with van der Waals surface area (Å²) < 4.78 is 46.2. The summed E-state index contributed by atoms with van der Waals surface area (Å²) in [6, 6.07) is 42.1. The normalized spacial score (nSPS) is 14.8. The third kappa shape index (κ3) is 10.6. The van der Waals surface area contributed by atoms with Crippen molar-refractivity contribution in [2.45, 2.75) is 0 Å². The molecule has 0 saturated carbocycles. The van der Waals surface area contributed by atoms with Crippen LogP contribution in [0.15, 0.2) is 198 Å². The van der Waals surface area contributed by atoms with Gasteiger partial charge in [0, 0.05) is 21.5 Å². The van der Waals surface area contributed by atoms with Crippen molar-refractivity contribution >= 4 is 139 Å². The average Bonchev–Trinajstić information content (AvgIpc) is 1.16. The van der Waals surface area contributed by atoms with E-state index in [0.29, 0.717) is 33.4 Å². The quantitative estimate of drug-likeness (QED) is 0.0907. The van der Waals surface area contributed by atoms with E-state index in [2.05, 4.69) is 37.9 Å². The van der Waals surface area contributed by atoms with Crippen molar-refractivity contribution in [3.63, 3.8) is 0 Å². The van der Waals surface area contributed by atoms with Crippen molar-refractivity contribution < 1.29 is 123 Å². The van der Waals surface area contributed by atoms with Crippen LogP contribution < -0.4 is 22.5 Å². The molecule has 0 amide bonds. The van der Waals surface area contributed by atoms with E-state index >= 15 is 0 Å². The molecule has 2 aromatic heterocycles. The Morgan fingerprint density at radius 3 is 0.685 bits per heavy atom. The number of esters is 16. The lowest BCUT2D eigenvalue weighted by Gasteiger charge is -2.21. The molecule has 0 spiro atoms. The molecule has 8 aliphatic rings. The molecule has 0 radical (unpaired) electrons. The summed E-state index contributed by atoms with van der Waals surface area (Å²) in [7, 11) is 0. The first-order chi connectivity index (χ1) is 51.8. The second-order valence-corrected chi connectivity index (χ2v) is 23.8. The summed E-state index contributed by atoms with van der Waals surface area (Å²) >= 11 is 0. The maximum atomic E-state index is 12.1. The molecule has 10 heterocycles. The van der Waals surface area contributed by atoms with Gasteiger partial charge in [0.05, 0.1) is 111 Å². The van der Waals surface area contributed by atoms with Gasteiger partial charge in [0.1, 0.15) is 0 Å². The number of fused-ring (bicyclic) bond motifs is 6. The Balaban J connectivity index is 0.000000103. The van der Waals surface area contributed by atoms with Crippen LogP contribution in [0, 0.1) is 0 Å². The van der Waals surface area contributed by atoms with Crippen LogP contribution in [0.1, 0.15) is 166 Å². The van der Waals surface area contributed by atoms with Crippen molar-refractivity contribution in [1.82, 2.24) is 0 Å². The molecule has 0 fully saturated rings. The van der Waals surface area contributed by atoms with Gasteiger partial charge >= 0.3 is 118 Å². The predicted molar refractivity (Wildman–Crippen MR) is 357 cm³/mol. The SMILES string of the molecule is O=C1OC(=O)c2c1cccc2-c1cccc2c1C(=O)OC2=O.O=C1OC(=O)c2cc(-c3ccc4c(c3)C(=O)OC4=O)ccc21.O=C1OC(=O)c2cc(-c3cccc4c3C(=O)OC4=O)ccc21.O=C1OC(=O)c2ccc3c4c(ccc1c24)C(=O)OC3=O.O=c1oc(=O)c2cccc3c(=O)oc(=O)c4cccc1c4c23. The summed E-state index contributed by atoms with van der Waals surface area (Å²) in [5.41, 5.74) is 2.00. The number of rotatable bonds is 3. The minimum absolute atomic E-state index is 0.0451. The average molecular weight is 1450 g/mol. The van der Waals surface area contributed by atoms with Gasteiger partial charge in [0.15, 0.2) is 0 Å². The number of cyclic esters (lactones) is 16. The zero-order valence-electron chi connectivity index (χ0n) is 53.4. The summed E-state index contributed by atoms with van der Waals surface area (Å²) in [6.07, 6.45) is 0. The van der Waals surface area contributed by atoms with E-state index < -0.39 is 118 Å². The third-order valence-electron chi connectivity index (χ3n) is 17.9. The number of hydrogen-bond acceptors (Lipinski definition) is 30. The first-order valence-corrected chi connectivity index (χ1v) is 31.2. The van der Waals surface area contributed by atoms with Gasteiger partial charge in [-0.2, -0.15) is 0 Å². The van der Waals surface area contributed by atoms with Crippen molar-refractivity contribution in [3.8, 4) is 33.4 Å². The minimum Gasteiger partial charge on any atom is -0.386 e. The predicted octanol–water partition coefficient (Wildman–Crippen LogP) is 8.60. The lowest BCUT2D eigenvalue weighted by atomic mass is 9.89. The molecule has 0 atom stereocenters. The molecule has 0 unspecified atom stereocenters. The Labute approximate surface area is 593 Å². The second kappa shape index (κ2) is 24.8. The van der Waals surface area contributed by atoms with Crippen molar-refractivity contribution in [1.29, 1.82) is 0 Å². The fourth-order valence-electron chi connectivity index (χ4n) is 13.1. The third-order valence-corrected chi connectivity index (χ3v) is 17.9. The molecule has 0 N–H and O–H groups in total. The lowest BCUT2D eigenvalue weighted by molar-refractivity contribution is 0.0366. The molecule has 520 valence electrons. The molecule has 0 saturated heterocycles. The van der Waals surface area contributed by atoms with E-state index in [1.807, 2.05) is 0 Å². The van der Waals surface area contributed by atoms with E-state index in [-0.39, 0.29) is 132 Å². The maximum Gasteiger partial charge on any atom is 0.347 e. The molecule has 30 heteroatoms. The molecule has 10 aromatic carbocycles. The summed E-state index contributed by atoms with van der Waals surface area (Å²) in [5, 5.41) is 1.11. The molecule has 0 bridgehead atoms. The Morgan fingerprint density at radius 1 is 0.157 bits per heavy atom. The van der Waals surface area contributed by atoms with Crippen LogP contribution in [0.3, 0.4) is 0 Å². The number of benzene rings is 10. The highest BCUT2D eigenvalue weighted by molar-refractivity contribution is 6.30. The molecule has 0 aliphatic carbocycles. The zero-order chi connectivity index (χ0) is 75.7. The van der Waals surface area contributed by atoms with Gasteiger partial charge < -0.3 is 46.7 Å². The van der Waals surface area contributed by atoms with Crippen molar-refractivity contribution in [3.05, 3.63) is 301 Å². The molecule has 20 rings (SSSR count). The standard InChI is InChI=1S/4C16H6O6.C14H4O6/c17-13-9-3-1-7(5-11(9)15(19)21-13)8-2-4-10-12(6-8)16(20)22-14(10)18;17-13-9-5-1-3-7(11(9)15(19)21-13)8-4-2-6-10-12(8)16(20)22-14(10)18;17-13-7-3-1-4-8-11(7)12-9(15(19)21-13)5-2-6-10(12)16(20)22-14(8)18;17-13-9-5-4-7(6-11(9)15(19)21-13)8-2-1-3-10-12(8)16(20)22-14(10)18;15-11-5-1-2-6-10-8(14(18)20-12(6)16)4-3-7(9(5)10)13(17)19-11/h4*1-6H;1-4H. The molecule has 8 aliphatic heterocycles. The van der Waals surface area contributed by atoms with Gasteiger partial charge in [-0.1, -0.05) is 66.7 Å². The van der Waals surface area contributed by atoms with E-state index in [9.17, 15) is 95.9 Å². The first-order valence-electron chi connectivity index (χ1n) is 31.2. The second-order valence-electron chi connectivity index (χ2n) is 23.8. The number of carbonyl (C=O) groups excluding carboxylic acids is 16. The first kappa shape index (κ1) is 66.4. The molecular weight excluding hydrogens is 1420 g/mol. The van der Waals surface area contributed by atoms with Crippen LogP contribution in [-0.4, -0.2) is 95.5 Å². The highest BCUT2D eigenvalue weighted by Gasteiger charge is 2.40. The monoisotopic (exact) mass is 1440 g/mol. The van der Waals surface area contributed by atoms with Gasteiger partial charge in [0.2, 0.25) is 0 Å². The number of hydrogen-bond donors (Lipinski definition) is 0. The van der Waals surface area contributed by atoms with Gasteiger partial charge in [-0.05, 0) is 137 Å². The van der Waals surface area contributed by atoms with Gasteiger partial charge in [-0.3, -0.25) is 0 Å². The molecule has 30 nitrogen and oxygen atoms in total. The molecule has 12 aromatic rings. The van der Waals surface area contributed by atoms with Gasteiger partial charge in [-0.15, -0.1) is 0 Å². The largest absolute Gasteiger partial charge is 0.386 e. The highest BCUT2D eigenvalue weighted by Crippen LogP contribution is 2.40. The smallest absolute Gasteiger partial charge is 0.347 e. The zero-order valence-corrected chi connectivity index (χ0v) is 53.4. The van der Waals surface area contributed by atoms with Crippen molar-refractivity contribution in [2.75, 3.05) is 0 Å². The fourth-order valence-corrected chi connectivity index (χ4v) is 13.1. The van der Waals surface area contributed by atoms with Crippen LogP contribution in [-0.2, 0) is 37.9 Å². The fraction of sp³-hybridized carbons (Fsp3) is 0. The highest BCUT2D eigenvalue weighted by atomic mass is 16.6. The molecular formula is C78H28O30. The Hall–Kier alpha value is -16.1. The lowest BCUT2D eigenvalue weighted by Crippen LogP contribution is -2.25. The van der Waals surface area contributed by atoms with Crippen LogP contribution >= 0.6 is 0 Å². The van der Waals surface area contributed by atoms with Crippen LogP contribution in [0.25, 0.3) is 76.5 Å². The van der Waals surface area contributed by atoms with Gasteiger partial charge in [0.25, 0.3) is 0 Å². The van der Waals surface area contributed by atoms with E-state index in [0.717, 1.165) is 0 Å². The van der Waals surface area contributed by atoms with Crippen LogP contribution in [0.4, 0.5) is 0 Å². The Bertz CT molecular complexity index is 6260. The van der Waals surface area contributed by atoms with E-state index in [4.69, 9.17) is 8.83 Å². The Morgan fingerprint density at radius 2 is 0.370 bits per heavy atom. The maximum absolute atomic E-state index is 12.1. The van der Waals surface area contributed by atoms with E-state index in [1.54, 1.807) is 54.6 Å². The topological polar surface area (TPSA) is 442 Å². The number of ether oxygens (including phenoxy) is 8. The number of carbonyl (C=O) groups is 16. The van der Waals surface area contributed by atoms with Gasteiger partial charge in [-0.25, -0.2) is 95.9 Å². The van der Waals surface area contributed by atoms with E-state index in [1.165, 1.54) is 115 Å². The summed E-state index contributed by atoms with van der Waals surface area (Å²) in [6.45, 7) is 0. The minimum atomic E-state index is -0.869. The van der Waals surface area contributed by atoms with Crippen LogP contribution in [0.5, 0.6) is 0 Å². The van der Waals surface area contributed by atoms with Crippen LogP contribution in [0.2, 0.25) is 0 Å². The summed E-state index contributed by atoms with van der Waals surface area (Å²) in [4.78, 5) is 235. The van der Waals surface area contributed by atoms with Crippen molar-refractivity contribution in [2.24, 2.45) is 0 Å². The Kier molecular flexibility index (Phi) is 15.3.